The van der Waals surface area contributed by atoms with Crippen molar-refractivity contribution in [1.82, 2.24) is 27.8 Å². The Bertz CT molecular complexity index is 2550. The molecule has 0 saturated heterocycles. The molecule has 0 unspecified atom stereocenters. The first-order valence-corrected chi connectivity index (χ1v) is 20.7. The van der Waals surface area contributed by atoms with E-state index in [1.54, 1.807) is 32.5 Å². The number of hydrogen-bond acceptors (Lipinski definition) is 10. The van der Waals surface area contributed by atoms with Gasteiger partial charge in [0.25, 0.3) is 11.1 Å². The summed E-state index contributed by atoms with van der Waals surface area (Å²) in [6.07, 6.45) is 1.50. The highest BCUT2D eigenvalue weighted by Crippen LogP contribution is 2.23. The first kappa shape index (κ1) is 45.0. The maximum absolute atomic E-state index is 12.8. The number of rotatable bonds is 11. The second kappa shape index (κ2) is 20.7. The van der Waals surface area contributed by atoms with Crippen molar-refractivity contribution in [2.45, 2.75) is 57.8 Å². The van der Waals surface area contributed by atoms with Gasteiger partial charge in [-0.15, -0.1) is 0 Å². The molecule has 3 aromatic heterocycles. The van der Waals surface area contributed by atoms with Crippen LogP contribution in [0.15, 0.2) is 81.6 Å². The normalized spacial score (nSPS) is 11.6. The molecule has 1 aliphatic heterocycles. The van der Waals surface area contributed by atoms with Gasteiger partial charge in [-0.1, -0.05) is 72.1 Å². The number of esters is 2. The molecule has 0 radical (unpaired) electrons. The minimum absolute atomic E-state index is 0.143. The van der Waals surface area contributed by atoms with Crippen LogP contribution in [0, 0.1) is 0 Å². The van der Waals surface area contributed by atoms with E-state index in [0.29, 0.717) is 67.4 Å². The highest BCUT2D eigenvalue weighted by Gasteiger charge is 2.24. The van der Waals surface area contributed by atoms with Crippen molar-refractivity contribution < 1.29 is 19.1 Å². The summed E-state index contributed by atoms with van der Waals surface area (Å²) in [5, 5.41) is 0.923. The summed E-state index contributed by atoms with van der Waals surface area (Å²) in [5.41, 5.74) is 2.56. The van der Waals surface area contributed by atoms with Gasteiger partial charge in [-0.25, -0.2) is 19.6 Å². The molecule has 0 aliphatic carbocycles. The predicted molar refractivity (Wildman–Crippen MR) is 229 cm³/mol. The van der Waals surface area contributed by atoms with Crippen molar-refractivity contribution in [3.8, 4) is 0 Å². The highest BCUT2D eigenvalue weighted by atomic mass is 79.9. The summed E-state index contributed by atoms with van der Waals surface area (Å²) in [4.78, 5) is 80.8. The molecule has 0 atom stereocenters. The fraction of sp³-hybridized carbons (Fsp3) is 0.385. The van der Waals surface area contributed by atoms with Crippen molar-refractivity contribution in [2.24, 2.45) is 33.2 Å². The molecule has 18 heteroatoms. The van der Waals surface area contributed by atoms with Crippen LogP contribution < -0.4 is 22.5 Å². The minimum atomic E-state index is -0.443. The van der Waals surface area contributed by atoms with E-state index in [2.05, 4.69) is 69.9 Å². The largest absolute Gasteiger partial charge is 0.466 e. The molecule has 0 fully saturated rings. The van der Waals surface area contributed by atoms with Gasteiger partial charge in [-0.2, -0.15) is 0 Å². The summed E-state index contributed by atoms with van der Waals surface area (Å²) >= 11 is 10.2. The number of halogens is 3. The summed E-state index contributed by atoms with van der Waals surface area (Å²) in [7, 11) is 6.05. The quantitative estimate of drug-likeness (QED) is 0.129. The zero-order valence-electron chi connectivity index (χ0n) is 32.5. The molecule has 2 aromatic carbocycles. The van der Waals surface area contributed by atoms with E-state index in [1.165, 1.54) is 28.8 Å². The molecule has 304 valence electrons. The molecule has 57 heavy (non-hydrogen) atoms. The van der Waals surface area contributed by atoms with Crippen LogP contribution in [0.2, 0.25) is 0 Å². The van der Waals surface area contributed by atoms with Crippen LogP contribution in [0.25, 0.3) is 11.2 Å². The number of aliphatic imine (C=N–C) groups is 1. The lowest BCUT2D eigenvalue weighted by Gasteiger charge is -2.10. The number of aryl methyl sites for hydroxylation is 2. The van der Waals surface area contributed by atoms with E-state index in [0.717, 1.165) is 34.7 Å². The summed E-state index contributed by atoms with van der Waals surface area (Å²) in [5.74, 6) is 0.344. The third-order valence-corrected chi connectivity index (χ3v) is 10.5. The monoisotopic (exact) mass is 975 g/mol. The Balaban J connectivity index is 0.000000215. The summed E-state index contributed by atoms with van der Waals surface area (Å²) in [6.45, 7) is 4.55. The Morgan fingerprint density at radius 3 is 1.84 bits per heavy atom. The Labute approximate surface area is 353 Å². The van der Waals surface area contributed by atoms with Crippen molar-refractivity contribution >= 4 is 82.4 Å². The molecule has 1 aliphatic rings. The number of carbonyl (C=O) groups excluding carboxylic acids is 2. The van der Waals surface area contributed by atoms with Gasteiger partial charge in [0.05, 0.1) is 31.6 Å². The standard InChI is InChI=1S/C19H21BrN4O4.C13H17N3O4.C7H6Br2/c1-4-28-15(25)9-8-14-21-17-16(18(26)23(3)19(27)22(17)2)24(14)11-12-6-5-7-13(20)10-12;1-4-20-10(17)6-5-8-7-9-11(14-8)15(2)13(19)16(3)12(9)18;8-5-6-2-1-3-7(9)4-6/h5-7,10H,4,8-9,11H2,1-3H3;4-7H2,1-3H3;1-4H,5H2. The topological polar surface area (TPSA) is 171 Å². The molecule has 15 nitrogen and oxygen atoms in total. The number of hydrogen-bond donors (Lipinski definition) is 0. The maximum atomic E-state index is 12.8. The number of fused-ring (bicyclic) bond motifs is 2. The minimum Gasteiger partial charge on any atom is -0.466 e. The molecule has 0 spiro atoms. The SMILES string of the molecule is BrCc1cccc(Br)c1.CCOC(=O)CCC1=Nc2c(c(=O)n(C)c(=O)n2C)C1.CCOC(=O)CCc1nc2c(c(=O)n(C)c(=O)n2C)n1Cc1cccc(Br)c1. The Kier molecular flexibility index (Phi) is 16.3. The number of imidazole rings is 1. The lowest BCUT2D eigenvalue weighted by atomic mass is 10.1. The van der Waals surface area contributed by atoms with Gasteiger partial charge in [0.1, 0.15) is 11.6 Å². The van der Waals surface area contributed by atoms with Crippen LogP contribution >= 0.6 is 47.8 Å². The zero-order valence-corrected chi connectivity index (χ0v) is 37.3. The van der Waals surface area contributed by atoms with Gasteiger partial charge < -0.3 is 14.0 Å². The van der Waals surface area contributed by atoms with Gasteiger partial charge in [0.15, 0.2) is 11.2 Å². The lowest BCUT2D eigenvalue weighted by Crippen LogP contribution is -2.38. The molecule has 4 heterocycles. The van der Waals surface area contributed by atoms with Gasteiger partial charge in [-0.05, 0) is 55.7 Å². The van der Waals surface area contributed by atoms with E-state index in [9.17, 15) is 28.8 Å². The van der Waals surface area contributed by atoms with E-state index in [-0.39, 0.29) is 30.3 Å². The molecule has 0 bridgehead atoms. The van der Waals surface area contributed by atoms with Crippen LogP contribution in [0.1, 0.15) is 55.6 Å². The zero-order chi connectivity index (χ0) is 42.0. The van der Waals surface area contributed by atoms with Crippen LogP contribution in [-0.4, -0.2) is 58.7 Å². The molecule has 5 aromatic rings. The fourth-order valence-electron chi connectivity index (χ4n) is 5.96. The fourth-order valence-corrected chi connectivity index (χ4v) is 7.20. The average Bonchev–Trinajstić information content (AvgIpc) is 3.79. The highest BCUT2D eigenvalue weighted by molar-refractivity contribution is 9.10. The van der Waals surface area contributed by atoms with Gasteiger partial charge in [-0.3, -0.25) is 37.4 Å². The van der Waals surface area contributed by atoms with Crippen molar-refractivity contribution in [2.75, 3.05) is 13.2 Å². The van der Waals surface area contributed by atoms with Crippen LogP contribution in [0.4, 0.5) is 5.82 Å². The van der Waals surface area contributed by atoms with Crippen LogP contribution in [-0.2, 0) is 72.0 Å². The summed E-state index contributed by atoms with van der Waals surface area (Å²) in [6, 6.07) is 15.9. The van der Waals surface area contributed by atoms with Crippen LogP contribution in [0.5, 0.6) is 0 Å². The van der Waals surface area contributed by atoms with Gasteiger partial charge in [0, 0.05) is 67.6 Å². The molecule has 0 amide bonds. The molecule has 0 N–H and O–H groups in total. The second-order valence-electron chi connectivity index (χ2n) is 12.9. The van der Waals surface area contributed by atoms with Crippen molar-refractivity contribution in [3.63, 3.8) is 0 Å². The second-order valence-corrected chi connectivity index (χ2v) is 15.3. The summed E-state index contributed by atoms with van der Waals surface area (Å²) < 4.78 is 18.5. The van der Waals surface area contributed by atoms with E-state index in [4.69, 9.17) is 9.47 Å². The molecular formula is C39H44Br3N7O8. The maximum Gasteiger partial charge on any atom is 0.332 e. The van der Waals surface area contributed by atoms with Crippen molar-refractivity contribution in [1.29, 1.82) is 0 Å². The molecular weight excluding hydrogens is 934 g/mol. The third kappa shape index (κ3) is 11.3. The van der Waals surface area contributed by atoms with E-state index >= 15 is 0 Å². The Morgan fingerprint density at radius 2 is 1.28 bits per heavy atom. The Morgan fingerprint density at radius 1 is 0.737 bits per heavy atom. The Hall–Kier alpha value is -4.68. The van der Waals surface area contributed by atoms with E-state index < -0.39 is 16.9 Å². The number of alkyl halides is 1. The first-order chi connectivity index (χ1) is 27.1. The molecule has 0 saturated carbocycles. The van der Waals surface area contributed by atoms with Gasteiger partial charge in [0.2, 0.25) is 0 Å². The predicted octanol–water partition coefficient (Wildman–Crippen LogP) is 5.14. The third-order valence-electron chi connectivity index (χ3n) is 8.85. The lowest BCUT2D eigenvalue weighted by molar-refractivity contribution is -0.143. The first-order valence-electron chi connectivity index (χ1n) is 18.0. The number of aromatic nitrogens is 6. The number of nitrogens with zero attached hydrogens (tertiary/aromatic N) is 7. The number of ether oxygens (including phenoxy) is 2. The van der Waals surface area contributed by atoms with Crippen molar-refractivity contribution in [3.05, 3.63) is 122 Å². The van der Waals surface area contributed by atoms with E-state index in [1.807, 2.05) is 36.4 Å². The average molecular weight is 979 g/mol. The molecule has 6 rings (SSSR count). The number of carbonyl (C=O) groups is 2. The van der Waals surface area contributed by atoms with Crippen LogP contribution in [0.3, 0.4) is 0 Å². The number of benzene rings is 2. The van der Waals surface area contributed by atoms with Gasteiger partial charge >= 0.3 is 23.3 Å². The smallest absolute Gasteiger partial charge is 0.332 e.